The number of hydrogen-bond donors (Lipinski definition) is 1. The van der Waals surface area contributed by atoms with Gasteiger partial charge in [0.15, 0.2) is 0 Å². The van der Waals surface area contributed by atoms with Crippen molar-refractivity contribution < 1.29 is 23.6 Å². The van der Waals surface area contributed by atoms with Gasteiger partial charge in [-0.25, -0.2) is 4.39 Å². The van der Waals surface area contributed by atoms with Crippen LogP contribution < -0.4 is 0 Å². The lowest BCUT2D eigenvalue weighted by molar-refractivity contribution is -0.387. The van der Waals surface area contributed by atoms with Crippen LogP contribution in [0.15, 0.2) is 12.1 Å². The number of benzene rings is 1. The Morgan fingerprint density at radius 1 is 1.43 bits per heavy atom. The highest BCUT2D eigenvalue weighted by atomic mass is 19.1. The molecule has 1 saturated heterocycles. The standard InChI is InChI=1S/C13H14F2N2O4/c14-8-5-10(12(15)11(6-8)17(20)21)13(19)16-4-2-1-3-9(16)7-18/h5-6,9,18H,1-4,7H2. The van der Waals surface area contributed by atoms with Crippen LogP contribution in [0.5, 0.6) is 0 Å². The van der Waals surface area contributed by atoms with Crippen LogP contribution in [0.1, 0.15) is 29.6 Å². The second-order valence-corrected chi connectivity index (χ2v) is 4.87. The Morgan fingerprint density at radius 3 is 2.76 bits per heavy atom. The number of amides is 1. The molecule has 1 amide bonds. The molecule has 8 heteroatoms. The van der Waals surface area contributed by atoms with Crippen LogP contribution in [0, 0.1) is 21.7 Å². The molecule has 0 aliphatic carbocycles. The van der Waals surface area contributed by atoms with E-state index < -0.39 is 39.8 Å². The highest BCUT2D eigenvalue weighted by molar-refractivity contribution is 5.95. The van der Waals surface area contributed by atoms with E-state index in [-0.39, 0.29) is 6.61 Å². The zero-order valence-electron chi connectivity index (χ0n) is 11.1. The summed E-state index contributed by atoms with van der Waals surface area (Å²) in [6.45, 7) is 0.0125. The number of nitro benzene ring substituents is 1. The van der Waals surface area contributed by atoms with Crippen molar-refractivity contribution in [1.29, 1.82) is 0 Å². The van der Waals surface area contributed by atoms with E-state index in [1.165, 1.54) is 4.90 Å². The monoisotopic (exact) mass is 300 g/mol. The van der Waals surface area contributed by atoms with Crippen LogP contribution in [0.3, 0.4) is 0 Å². The van der Waals surface area contributed by atoms with Crippen molar-refractivity contribution in [3.05, 3.63) is 39.4 Å². The number of nitrogens with zero attached hydrogens (tertiary/aromatic N) is 2. The molecule has 1 aromatic rings. The molecule has 1 N–H and O–H groups in total. The van der Waals surface area contributed by atoms with Crippen molar-refractivity contribution >= 4 is 11.6 Å². The lowest BCUT2D eigenvalue weighted by Crippen LogP contribution is -2.46. The molecule has 1 fully saturated rings. The van der Waals surface area contributed by atoms with Crippen LogP contribution in [0.4, 0.5) is 14.5 Å². The van der Waals surface area contributed by atoms with E-state index in [0.717, 1.165) is 6.42 Å². The molecular weight excluding hydrogens is 286 g/mol. The van der Waals surface area contributed by atoms with E-state index >= 15 is 0 Å². The van der Waals surface area contributed by atoms with Crippen molar-refractivity contribution in [1.82, 2.24) is 4.90 Å². The maximum Gasteiger partial charge on any atom is 0.308 e. The largest absolute Gasteiger partial charge is 0.394 e. The highest BCUT2D eigenvalue weighted by Gasteiger charge is 2.31. The smallest absolute Gasteiger partial charge is 0.308 e. The molecule has 1 unspecified atom stereocenters. The summed E-state index contributed by atoms with van der Waals surface area (Å²) in [5.74, 6) is -3.24. The Balaban J connectivity index is 2.41. The van der Waals surface area contributed by atoms with E-state index in [4.69, 9.17) is 0 Å². The first-order valence-corrected chi connectivity index (χ1v) is 6.51. The molecule has 1 atom stereocenters. The van der Waals surface area contributed by atoms with Gasteiger partial charge in [-0.05, 0) is 25.3 Å². The molecule has 0 aromatic heterocycles. The minimum absolute atomic E-state index is 0.287. The fourth-order valence-corrected chi connectivity index (χ4v) is 2.48. The van der Waals surface area contributed by atoms with Crippen LogP contribution in [-0.2, 0) is 0 Å². The highest BCUT2D eigenvalue weighted by Crippen LogP contribution is 2.26. The molecule has 21 heavy (non-hydrogen) atoms. The number of carbonyl (C=O) groups excluding carboxylic acids is 1. The van der Waals surface area contributed by atoms with Gasteiger partial charge < -0.3 is 10.0 Å². The van der Waals surface area contributed by atoms with Gasteiger partial charge in [-0.1, -0.05) is 0 Å². The van der Waals surface area contributed by atoms with Crippen LogP contribution >= 0.6 is 0 Å². The van der Waals surface area contributed by atoms with Crippen molar-refractivity contribution in [2.75, 3.05) is 13.2 Å². The molecule has 114 valence electrons. The topological polar surface area (TPSA) is 83.7 Å². The minimum atomic E-state index is -1.35. The van der Waals surface area contributed by atoms with E-state index in [2.05, 4.69) is 0 Å². The summed E-state index contributed by atoms with van der Waals surface area (Å²) in [6, 6.07) is 0.604. The van der Waals surface area contributed by atoms with E-state index in [9.17, 15) is 28.8 Å². The molecule has 1 aliphatic rings. The van der Waals surface area contributed by atoms with E-state index in [0.29, 0.717) is 31.5 Å². The summed E-state index contributed by atoms with van der Waals surface area (Å²) in [5.41, 5.74) is -1.75. The Bertz CT molecular complexity index is 580. The van der Waals surface area contributed by atoms with Crippen LogP contribution in [0.2, 0.25) is 0 Å². The van der Waals surface area contributed by atoms with Gasteiger partial charge in [0.05, 0.1) is 29.2 Å². The third-order valence-electron chi connectivity index (χ3n) is 3.54. The van der Waals surface area contributed by atoms with Gasteiger partial charge in [0.25, 0.3) is 5.91 Å². The zero-order valence-corrected chi connectivity index (χ0v) is 11.1. The first-order chi connectivity index (χ1) is 9.95. The number of carbonyl (C=O) groups is 1. The summed E-state index contributed by atoms with van der Waals surface area (Å²) in [6.07, 6.45) is 2.06. The molecule has 2 rings (SSSR count). The SMILES string of the molecule is O=C(c1cc(F)cc([N+](=O)[O-])c1F)N1CCCCC1CO. The number of nitro groups is 1. The number of piperidine rings is 1. The third-order valence-corrected chi connectivity index (χ3v) is 3.54. The number of halogens is 2. The predicted molar refractivity (Wildman–Crippen MR) is 68.8 cm³/mol. The summed E-state index contributed by atoms with van der Waals surface area (Å²) in [7, 11) is 0. The second-order valence-electron chi connectivity index (χ2n) is 4.87. The van der Waals surface area contributed by atoms with Crippen molar-refractivity contribution in [3.63, 3.8) is 0 Å². The molecule has 0 radical (unpaired) electrons. The lowest BCUT2D eigenvalue weighted by atomic mass is 10.0. The fraction of sp³-hybridized carbons (Fsp3) is 0.462. The molecule has 1 aliphatic heterocycles. The van der Waals surface area contributed by atoms with Gasteiger partial charge in [0, 0.05) is 6.54 Å². The Hall–Kier alpha value is -2.09. The summed E-state index contributed by atoms with van der Waals surface area (Å²) in [4.78, 5) is 23.1. The number of hydrogen-bond acceptors (Lipinski definition) is 4. The van der Waals surface area contributed by atoms with Gasteiger partial charge in [0.1, 0.15) is 5.82 Å². The van der Waals surface area contributed by atoms with Crippen LogP contribution in [0.25, 0.3) is 0 Å². The number of aliphatic hydroxyl groups excluding tert-OH is 1. The van der Waals surface area contributed by atoms with Crippen molar-refractivity contribution in [2.45, 2.75) is 25.3 Å². The average Bonchev–Trinajstić information content (AvgIpc) is 2.48. The molecule has 0 bridgehead atoms. The molecule has 1 heterocycles. The Morgan fingerprint density at radius 2 is 2.14 bits per heavy atom. The maximum atomic E-state index is 14.0. The first kappa shape index (κ1) is 15.3. The maximum absolute atomic E-state index is 14.0. The van der Waals surface area contributed by atoms with Gasteiger partial charge in [-0.3, -0.25) is 14.9 Å². The van der Waals surface area contributed by atoms with Crippen molar-refractivity contribution in [3.8, 4) is 0 Å². The number of likely N-dealkylation sites (tertiary alicyclic amines) is 1. The van der Waals surface area contributed by atoms with Crippen molar-refractivity contribution in [2.24, 2.45) is 0 Å². The normalized spacial score (nSPS) is 18.6. The number of aliphatic hydroxyl groups is 1. The lowest BCUT2D eigenvalue weighted by Gasteiger charge is -2.34. The van der Waals surface area contributed by atoms with Gasteiger partial charge in [-0.2, -0.15) is 4.39 Å². The third kappa shape index (κ3) is 2.99. The van der Waals surface area contributed by atoms with Gasteiger partial charge >= 0.3 is 5.69 Å². The van der Waals surface area contributed by atoms with Gasteiger partial charge in [-0.15, -0.1) is 0 Å². The fourth-order valence-electron chi connectivity index (χ4n) is 2.48. The van der Waals surface area contributed by atoms with Crippen LogP contribution in [-0.4, -0.2) is 40.0 Å². The zero-order chi connectivity index (χ0) is 15.6. The average molecular weight is 300 g/mol. The molecule has 0 saturated carbocycles. The minimum Gasteiger partial charge on any atom is -0.394 e. The first-order valence-electron chi connectivity index (χ1n) is 6.51. The number of rotatable bonds is 3. The molecular formula is C13H14F2N2O4. The summed E-state index contributed by atoms with van der Waals surface area (Å²) < 4.78 is 27.4. The Kier molecular flexibility index (Phi) is 4.46. The molecule has 0 spiro atoms. The summed E-state index contributed by atoms with van der Waals surface area (Å²) in [5, 5.41) is 19.9. The van der Waals surface area contributed by atoms with E-state index in [1.807, 2.05) is 0 Å². The quantitative estimate of drug-likeness (QED) is 0.682. The molecule has 1 aromatic carbocycles. The Labute approximate surface area is 119 Å². The van der Waals surface area contributed by atoms with Gasteiger partial charge in [0.2, 0.25) is 5.82 Å². The predicted octanol–water partition coefficient (Wildman–Crippen LogP) is 1.86. The van der Waals surface area contributed by atoms with E-state index in [1.54, 1.807) is 0 Å². The molecule has 6 nitrogen and oxygen atoms in total. The summed E-state index contributed by atoms with van der Waals surface area (Å²) >= 11 is 0. The second kappa shape index (κ2) is 6.13.